The zero-order chi connectivity index (χ0) is 58.3. The van der Waals surface area contributed by atoms with Gasteiger partial charge in [-0.25, -0.2) is 4.57 Å². The van der Waals surface area contributed by atoms with Crippen LogP contribution in [0.15, 0.2) is 85.1 Å². The molecule has 0 saturated heterocycles. The summed E-state index contributed by atoms with van der Waals surface area (Å²) in [6.07, 6.45) is 72.8. The quantitative estimate of drug-likeness (QED) is 0.0197. The number of esters is 3. The van der Waals surface area contributed by atoms with Crippen LogP contribution in [-0.2, 0) is 42.2 Å². The number of hydrogen-bond acceptors (Lipinski definition) is 10. The van der Waals surface area contributed by atoms with Crippen molar-refractivity contribution < 1.29 is 52.2 Å². The molecule has 0 saturated carbocycles. The Hall–Kier alpha value is -3.34. The van der Waals surface area contributed by atoms with Crippen LogP contribution in [0.4, 0.5) is 0 Å². The molecule has 3 unspecified atom stereocenters. The zero-order valence-corrected chi connectivity index (χ0v) is 52.2. The van der Waals surface area contributed by atoms with Gasteiger partial charge >= 0.3 is 25.7 Å². The molecule has 11 nitrogen and oxygen atoms in total. The number of phosphoric ester groups is 1. The lowest BCUT2D eigenvalue weighted by Crippen LogP contribution is -2.30. The zero-order valence-electron chi connectivity index (χ0n) is 51.3. The van der Waals surface area contributed by atoms with E-state index >= 15 is 0 Å². The molecule has 462 valence electrons. The van der Waals surface area contributed by atoms with Crippen LogP contribution in [0.1, 0.15) is 290 Å². The van der Waals surface area contributed by atoms with Gasteiger partial charge in [-0.15, -0.1) is 0 Å². The van der Waals surface area contributed by atoms with E-state index in [2.05, 4.69) is 87.6 Å². The lowest BCUT2D eigenvalue weighted by molar-refractivity contribution is -0.161. The van der Waals surface area contributed by atoms with E-state index in [1.54, 1.807) is 6.08 Å². The van der Waals surface area contributed by atoms with Crippen LogP contribution in [0.3, 0.4) is 0 Å². The SMILES string of the molecule is CC/C=C\C/C=C\C/C=C\C/C=C\C/C=C\CC(=O)OCC(COP(=O)(O)OCC(CO)OC(=O)CCCCCCCCCCC/C=C\CCCCCCCC)OC(=O)CCCCCCCCCCC/C=C\CCCCCCCC. The smallest absolute Gasteiger partial charge is 0.461 e. The Balaban J connectivity index is 4.73. The summed E-state index contributed by atoms with van der Waals surface area (Å²) in [5.74, 6) is -1.61. The number of aliphatic hydroxyl groups excluding tert-OH is 1. The summed E-state index contributed by atoms with van der Waals surface area (Å²) in [6, 6.07) is 0. The van der Waals surface area contributed by atoms with Crippen molar-refractivity contribution in [1.29, 1.82) is 0 Å². The van der Waals surface area contributed by atoms with Crippen molar-refractivity contribution in [2.45, 2.75) is 303 Å². The van der Waals surface area contributed by atoms with Crippen molar-refractivity contribution in [3.63, 3.8) is 0 Å². The molecule has 0 spiro atoms. The van der Waals surface area contributed by atoms with Crippen molar-refractivity contribution in [2.24, 2.45) is 0 Å². The summed E-state index contributed by atoms with van der Waals surface area (Å²) in [5, 5.41) is 9.86. The topological polar surface area (TPSA) is 155 Å². The Morgan fingerprint density at radius 3 is 1.05 bits per heavy atom. The van der Waals surface area contributed by atoms with Gasteiger partial charge in [0.2, 0.25) is 0 Å². The highest BCUT2D eigenvalue weighted by atomic mass is 31.2. The molecule has 0 bridgehead atoms. The number of carbonyl (C=O) groups is 3. The minimum absolute atomic E-state index is 0.00731. The second kappa shape index (κ2) is 61.7. The average molecular weight is 1140 g/mol. The molecule has 80 heavy (non-hydrogen) atoms. The molecule has 0 rings (SSSR count). The van der Waals surface area contributed by atoms with Crippen molar-refractivity contribution in [3.05, 3.63) is 85.1 Å². The number of phosphoric acid groups is 1. The van der Waals surface area contributed by atoms with Crippen LogP contribution in [-0.4, -0.2) is 66.5 Å². The fraction of sp³-hybridized carbons (Fsp3) is 0.750. The number of carbonyl (C=O) groups excluding carboxylic acids is 3. The standard InChI is InChI=1S/C68H119O11P/c1-4-7-10-13-16-19-22-25-28-30-32-34-37-40-43-46-49-52-55-58-67(71)78-64(60-69)62-76-80(73,74)77-63-65(61-75-66(70)57-54-51-48-45-42-39-36-27-24-21-18-15-12-9-6-3)79-68(72)59-56-53-50-47-44-41-38-35-33-31-29-26-23-20-17-14-11-8-5-2/h9,12,18,21,25-29,36,42,45,51,54,64-65,69H,4-8,10-11,13-17,19-20,22-24,30-35,37-41,43-44,46-50,52-53,55-63H2,1-3H3,(H,73,74)/b12-9-,21-18-,28-25-,29-26-,36-27-,45-42-,54-51-. The number of aliphatic hydroxyl groups is 1. The van der Waals surface area contributed by atoms with E-state index in [1.165, 1.54) is 167 Å². The molecule has 0 heterocycles. The van der Waals surface area contributed by atoms with Gasteiger partial charge in [0, 0.05) is 12.8 Å². The second-order valence-corrected chi connectivity index (χ2v) is 23.0. The molecule has 3 atom stereocenters. The predicted octanol–water partition coefficient (Wildman–Crippen LogP) is 19.8. The summed E-state index contributed by atoms with van der Waals surface area (Å²) in [5.41, 5.74) is 0. The minimum atomic E-state index is -4.78. The van der Waals surface area contributed by atoms with Gasteiger partial charge in [0.05, 0.1) is 26.2 Å². The fourth-order valence-electron chi connectivity index (χ4n) is 8.89. The summed E-state index contributed by atoms with van der Waals surface area (Å²) in [4.78, 5) is 48.7. The first-order valence-corrected chi connectivity index (χ1v) is 34.0. The van der Waals surface area contributed by atoms with Gasteiger partial charge in [-0.05, 0) is 96.3 Å². The average Bonchev–Trinajstić information content (AvgIpc) is 3.45. The summed E-state index contributed by atoms with van der Waals surface area (Å²) in [6.45, 7) is 4.45. The Morgan fingerprint density at radius 1 is 0.375 bits per heavy atom. The van der Waals surface area contributed by atoms with E-state index in [9.17, 15) is 28.9 Å². The van der Waals surface area contributed by atoms with Gasteiger partial charge in [0.1, 0.15) is 12.7 Å². The van der Waals surface area contributed by atoms with E-state index < -0.39 is 57.8 Å². The maximum Gasteiger partial charge on any atom is 0.472 e. The maximum atomic E-state index is 13.0. The third-order valence-electron chi connectivity index (χ3n) is 13.8. The highest BCUT2D eigenvalue weighted by molar-refractivity contribution is 7.47. The Kier molecular flexibility index (Phi) is 59.1. The summed E-state index contributed by atoms with van der Waals surface area (Å²) >= 11 is 0. The fourth-order valence-corrected chi connectivity index (χ4v) is 9.68. The van der Waals surface area contributed by atoms with E-state index in [1.807, 2.05) is 12.2 Å². The van der Waals surface area contributed by atoms with Crippen molar-refractivity contribution in [1.82, 2.24) is 0 Å². The van der Waals surface area contributed by atoms with Crippen LogP contribution in [0.2, 0.25) is 0 Å². The number of hydrogen-bond donors (Lipinski definition) is 2. The molecular weight excluding hydrogens is 1020 g/mol. The molecule has 12 heteroatoms. The van der Waals surface area contributed by atoms with Crippen LogP contribution in [0, 0.1) is 0 Å². The summed E-state index contributed by atoms with van der Waals surface area (Å²) < 4.78 is 39.6. The molecule has 0 aromatic heterocycles. The lowest BCUT2D eigenvalue weighted by atomic mass is 10.1. The van der Waals surface area contributed by atoms with Gasteiger partial charge in [0.15, 0.2) is 6.10 Å². The Bertz CT molecular complexity index is 1670. The Morgan fingerprint density at radius 2 is 0.688 bits per heavy atom. The van der Waals surface area contributed by atoms with E-state index in [4.69, 9.17) is 23.3 Å². The minimum Gasteiger partial charge on any atom is -0.461 e. The first kappa shape index (κ1) is 76.7. The van der Waals surface area contributed by atoms with E-state index in [-0.39, 0.29) is 25.9 Å². The lowest BCUT2D eigenvalue weighted by Gasteiger charge is -2.21. The van der Waals surface area contributed by atoms with Crippen LogP contribution >= 0.6 is 7.82 Å². The van der Waals surface area contributed by atoms with Crippen molar-refractivity contribution >= 4 is 25.7 Å². The highest BCUT2D eigenvalue weighted by Crippen LogP contribution is 2.43. The molecule has 0 aromatic carbocycles. The largest absolute Gasteiger partial charge is 0.472 e. The Labute approximate surface area is 490 Å². The normalized spacial score (nSPS) is 13.8. The maximum absolute atomic E-state index is 13.0. The number of allylic oxidation sites excluding steroid dienone is 13. The molecule has 2 N–H and O–H groups in total. The number of rotatable bonds is 60. The van der Waals surface area contributed by atoms with Crippen molar-refractivity contribution in [3.8, 4) is 0 Å². The van der Waals surface area contributed by atoms with Gasteiger partial charge in [-0.1, -0.05) is 260 Å². The predicted molar refractivity (Wildman–Crippen MR) is 334 cm³/mol. The van der Waals surface area contributed by atoms with Gasteiger partial charge in [-0.2, -0.15) is 0 Å². The van der Waals surface area contributed by atoms with Gasteiger partial charge < -0.3 is 24.2 Å². The van der Waals surface area contributed by atoms with Crippen LogP contribution in [0.25, 0.3) is 0 Å². The summed E-state index contributed by atoms with van der Waals surface area (Å²) in [7, 11) is -4.78. The molecule has 0 amide bonds. The number of ether oxygens (including phenoxy) is 3. The monoisotopic (exact) mass is 1140 g/mol. The third-order valence-corrected chi connectivity index (χ3v) is 14.8. The highest BCUT2D eigenvalue weighted by Gasteiger charge is 2.28. The molecular formula is C68H119O11P. The number of unbranched alkanes of at least 4 members (excludes halogenated alkanes) is 30. The first-order valence-electron chi connectivity index (χ1n) is 32.5. The second-order valence-electron chi connectivity index (χ2n) is 21.6. The molecule has 0 radical (unpaired) electrons. The van der Waals surface area contributed by atoms with Crippen LogP contribution in [0.5, 0.6) is 0 Å². The van der Waals surface area contributed by atoms with E-state index in [0.717, 1.165) is 64.2 Å². The van der Waals surface area contributed by atoms with Gasteiger partial charge in [0.25, 0.3) is 0 Å². The molecule has 0 aliphatic rings. The van der Waals surface area contributed by atoms with E-state index in [0.29, 0.717) is 19.3 Å². The third kappa shape index (κ3) is 59.3. The van der Waals surface area contributed by atoms with Gasteiger partial charge in [-0.3, -0.25) is 23.4 Å². The van der Waals surface area contributed by atoms with Crippen LogP contribution < -0.4 is 0 Å². The molecule has 0 aromatic rings. The molecule has 0 aliphatic carbocycles. The molecule has 0 aliphatic heterocycles. The molecule has 0 fully saturated rings. The first-order chi connectivity index (χ1) is 39.2. The van der Waals surface area contributed by atoms with Crippen molar-refractivity contribution in [2.75, 3.05) is 26.4 Å².